The van der Waals surface area contributed by atoms with Crippen LogP contribution in [0.15, 0.2) is 34.4 Å². The molecule has 0 aliphatic heterocycles. The number of carbonyl (C=O) groups excluding carboxylic acids is 3. The number of anilines is 1. The van der Waals surface area contributed by atoms with Crippen molar-refractivity contribution in [3.63, 3.8) is 0 Å². The van der Waals surface area contributed by atoms with Crippen LogP contribution < -0.4 is 10.6 Å². The Kier molecular flexibility index (Phi) is 7.80. The monoisotopic (exact) mass is 418 g/mol. The molecule has 2 aromatic rings. The largest absolute Gasteiger partial charge is 0.467 e. The summed E-state index contributed by atoms with van der Waals surface area (Å²) in [6.07, 6.45) is 8.33. The number of nitrogens with zero attached hydrogens (tertiary/aromatic N) is 2. The topological polar surface area (TPSA) is 105 Å². The molecule has 156 valence electrons. The summed E-state index contributed by atoms with van der Waals surface area (Å²) >= 11 is 1.33. The van der Waals surface area contributed by atoms with Gasteiger partial charge in [0.1, 0.15) is 5.76 Å². The molecule has 2 N–H and O–H groups in total. The highest BCUT2D eigenvalue weighted by atomic mass is 32.1. The normalized spacial score (nSPS) is 14.3. The molecule has 0 atom stereocenters. The molecule has 0 bridgehead atoms. The molecule has 3 rings (SSSR count). The Morgan fingerprint density at radius 2 is 2.00 bits per heavy atom. The van der Waals surface area contributed by atoms with Crippen LogP contribution in [0.5, 0.6) is 0 Å². The molecule has 29 heavy (non-hydrogen) atoms. The fourth-order valence-electron chi connectivity index (χ4n) is 3.45. The van der Waals surface area contributed by atoms with Crippen molar-refractivity contribution in [2.45, 2.75) is 57.5 Å². The van der Waals surface area contributed by atoms with E-state index in [-0.39, 0.29) is 49.7 Å². The van der Waals surface area contributed by atoms with E-state index in [1.807, 2.05) is 0 Å². The Balaban J connectivity index is 1.52. The lowest BCUT2D eigenvalue weighted by molar-refractivity contribution is -0.139. The number of furan rings is 1. The second kappa shape index (κ2) is 10.8. The Labute approximate surface area is 173 Å². The van der Waals surface area contributed by atoms with E-state index in [1.165, 1.54) is 11.3 Å². The maximum Gasteiger partial charge on any atom is 0.240 e. The van der Waals surface area contributed by atoms with Gasteiger partial charge in [-0.1, -0.05) is 19.3 Å². The molecule has 1 fully saturated rings. The van der Waals surface area contributed by atoms with Crippen molar-refractivity contribution in [2.75, 3.05) is 11.9 Å². The van der Waals surface area contributed by atoms with Crippen molar-refractivity contribution in [1.82, 2.24) is 15.2 Å². The van der Waals surface area contributed by atoms with Gasteiger partial charge in [0.2, 0.25) is 17.7 Å². The van der Waals surface area contributed by atoms with E-state index in [0.717, 1.165) is 32.1 Å². The number of carbonyl (C=O) groups is 3. The average Bonchev–Trinajstić information content (AvgIpc) is 3.43. The van der Waals surface area contributed by atoms with E-state index < -0.39 is 0 Å². The molecule has 1 aliphatic carbocycles. The van der Waals surface area contributed by atoms with Gasteiger partial charge in [-0.2, -0.15) is 0 Å². The van der Waals surface area contributed by atoms with Gasteiger partial charge in [-0.3, -0.25) is 14.4 Å². The SMILES string of the molecule is O=C(CN(C(=O)CCC(=O)Nc1nccs1)C1CCCCC1)NCc1ccco1. The second-order valence-electron chi connectivity index (χ2n) is 7.06. The van der Waals surface area contributed by atoms with Gasteiger partial charge in [-0.15, -0.1) is 11.3 Å². The molecule has 8 nitrogen and oxygen atoms in total. The fourth-order valence-corrected chi connectivity index (χ4v) is 4.00. The molecule has 0 aromatic carbocycles. The molecule has 0 saturated heterocycles. The van der Waals surface area contributed by atoms with E-state index in [4.69, 9.17) is 4.42 Å². The van der Waals surface area contributed by atoms with E-state index in [1.54, 1.807) is 34.9 Å². The summed E-state index contributed by atoms with van der Waals surface area (Å²) in [5.74, 6) is 0.0128. The van der Waals surface area contributed by atoms with Crippen molar-refractivity contribution in [2.24, 2.45) is 0 Å². The quantitative estimate of drug-likeness (QED) is 0.651. The summed E-state index contributed by atoms with van der Waals surface area (Å²) in [7, 11) is 0. The fraction of sp³-hybridized carbons (Fsp3) is 0.500. The van der Waals surface area contributed by atoms with Gasteiger partial charge in [0.25, 0.3) is 0 Å². The molecule has 1 saturated carbocycles. The molecule has 3 amide bonds. The Morgan fingerprint density at radius 3 is 2.69 bits per heavy atom. The van der Waals surface area contributed by atoms with Crippen molar-refractivity contribution < 1.29 is 18.8 Å². The van der Waals surface area contributed by atoms with Crippen LogP contribution in [0.25, 0.3) is 0 Å². The Bertz CT molecular complexity index is 786. The van der Waals surface area contributed by atoms with Crippen LogP contribution in [0, 0.1) is 0 Å². The smallest absolute Gasteiger partial charge is 0.240 e. The number of nitrogens with one attached hydrogen (secondary N) is 2. The predicted molar refractivity (Wildman–Crippen MR) is 109 cm³/mol. The lowest BCUT2D eigenvalue weighted by atomic mass is 9.94. The van der Waals surface area contributed by atoms with Gasteiger partial charge in [-0.05, 0) is 25.0 Å². The zero-order valence-electron chi connectivity index (χ0n) is 16.3. The maximum absolute atomic E-state index is 12.9. The third kappa shape index (κ3) is 6.70. The van der Waals surface area contributed by atoms with E-state index in [2.05, 4.69) is 15.6 Å². The maximum atomic E-state index is 12.9. The summed E-state index contributed by atoms with van der Waals surface area (Å²) < 4.78 is 5.22. The summed E-state index contributed by atoms with van der Waals surface area (Å²) in [5.41, 5.74) is 0. The first-order chi connectivity index (χ1) is 14.1. The number of aromatic nitrogens is 1. The van der Waals surface area contributed by atoms with Crippen LogP contribution in [0.2, 0.25) is 0 Å². The number of amides is 3. The van der Waals surface area contributed by atoms with Crippen LogP contribution in [-0.2, 0) is 20.9 Å². The van der Waals surface area contributed by atoms with Gasteiger partial charge in [0, 0.05) is 30.5 Å². The first kappa shape index (κ1) is 21.0. The summed E-state index contributed by atoms with van der Waals surface area (Å²) in [6, 6.07) is 3.59. The number of hydrogen-bond acceptors (Lipinski definition) is 6. The van der Waals surface area contributed by atoms with Crippen LogP contribution in [-0.4, -0.2) is 40.2 Å². The highest BCUT2D eigenvalue weighted by Crippen LogP contribution is 2.23. The molecule has 0 radical (unpaired) electrons. The van der Waals surface area contributed by atoms with Crippen LogP contribution >= 0.6 is 11.3 Å². The third-order valence-corrected chi connectivity index (χ3v) is 5.62. The van der Waals surface area contributed by atoms with Crippen LogP contribution in [0.4, 0.5) is 5.13 Å². The lowest BCUT2D eigenvalue weighted by Crippen LogP contribution is -2.47. The van der Waals surface area contributed by atoms with E-state index >= 15 is 0 Å². The Hall–Kier alpha value is -2.68. The van der Waals surface area contributed by atoms with E-state index in [9.17, 15) is 14.4 Å². The molecule has 2 heterocycles. The van der Waals surface area contributed by atoms with Gasteiger partial charge < -0.3 is 20.0 Å². The highest BCUT2D eigenvalue weighted by molar-refractivity contribution is 7.13. The molecule has 2 aromatic heterocycles. The molecular weight excluding hydrogens is 392 g/mol. The summed E-state index contributed by atoms with van der Waals surface area (Å²) in [5, 5.41) is 7.76. The Morgan fingerprint density at radius 1 is 1.17 bits per heavy atom. The number of hydrogen-bond donors (Lipinski definition) is 2. The van der Waals surface area contributed by atoms with E-state index in [0.29, 0.717) is 10.9 Å². The minimum atomic E-state index is -0.251. The third-order valence-electron chi connectivity index (χ3n) is 4.93. The predicted octanol–water partition coefficient (Wildman–Crippen LogP) is 2.93. The molecule has 0 spiro atoms. The standard InChI is InChI=1S/C20H26N4O4S/c25-17(23-20-21-10-12-29-20)8-9-19(27)24(15-5-2-1-3-6-15)14-18(26)22-13-16-7-4-11-28-16/h4,7,10-12,15H,1-3,5-6,8-9,13-14H2,(H,22,26)(H,21,23,25). The molecule has 0 unspecified atom stereocenters. The number of thiazole rings is 1. The lowest BCUT2D eigenvalue weighted by Gasteiger charge is -2.34. The van der Waals surface area contributed by atoms with Gasteiger partial charge >= 0.3 is 0 Å². The zero-order chi connectivity index (χ0) is 20.5. The minimum Gasteiger partial charge on any atom is -0.467 e. The molecule has 9 heteroatoms. The van der Waals surface area contributed by atoms with Crippen LogP contribution in [0.1, 0.15) is 50.7 Å². The molecular formula is C20H26N4O4S. The molecule has 1 aliphatic rings. The summed E-state index contributed by atoms with van der Waals surface area (Å²) in [6.45, 7) is 0.285. The van der Waals surface area contributed by atoms with Crippen molar-refractivity contribution >= 4 is 34.2 Å². The summed E-state index contributed by atoms with van der Waals surface area (Å²) in [4.78, 5) is 43.0. The first-order valence-electron chi connectivity index (χ1n) is 9.89. The minimum absolute atomic E-state index is 0.00168. The zero-order valence-corrected chi connectivity index (χ0v) is 17.1. The van der Waals surface area contributed by atoms with Gasteiger partial charge in [0.05, 0.1) is 19.4 Å². The van der Waals surface area contributed by atoms with Gasteiger partial charge in [-0.25, -0.2) is 4.98 Å². The second-order valence-corrected chi connectivity index (χ2v) is 7.95. The average molecular weight is 419 g/mol. The first-order valence-corrected chi connectivity index (χ1v) is 10.8. The van der Waals surface area contributed by atoms with Crippen molar-refractivity contribution in [1.29, 1.82) is 0 Å². The van der Waals surface area contributed by atoms with Crippen molar-refractivity contribution in [3.8, 4) is 0 Å². The van der Waals surface area contributed by atoms with Gasteiger partial charge in [0.15, 0.2) is 5.13 Å². The highest BCUT2D eigenvalue weighted by Gasteiger charge is 2.27. The van der Waals surface area contributed by atoms with Crippen molar-refractivity contribution in [3.05, 3.63) is 35.7 Å². The number of rotatable bonds is 9. The van der Waals surface area contributed by atoms with Crippen LogP contribution in [0.3, 0.4) is 0 Å².